The van der Waals surface area contributed by atoms with Gasteiger partial charge in [0.1, 0.15) is 12.0 Å². The van der Waals surface area contributed by atoms with E-state index in [1.54, 1.807) is 23.5 Å². The summed E-state index contributed by atoms with van der Waals surface area (Å²) in [5.41, 5.74) is 4.62. The van der Waals surface area contributed by atoms with E-state index in [1.807, 2.05) is 13.8 Å². The van der Waals surface area contributed by atoms with Crippen LogP contribution in [0.25, 0.3) is 0 Å². The Kier molecular flexibility index (Phi) is 8.81. The monoisotopic (exact) mass is 487 g/mol. The number of ether oxygens (including phenoxy) is 2. The van der Waals surface area contributed by atoms with Gasteiger partial charge in [-0.1, -0.05) is 27.2 Å². The van der Waals surface area contributed by atoms with Crippen LogP contribution in [0.2, 0.25) is 0 Å². The molecule has 1 aliphatic heterocycles. The Balaban J connectivity index is 1.73. The molecule has 2 aliphatic carbocycles. The highest BCUT2D eigenvalue weighted by Gasteiger charge is 2.45. The molecule has 7 atom stereocenters. The molecule has 0 saturated heterocycles. The van der Waals surface area contributed by atoms with Crippen LogP contribution in [-0.2, 0) is 14.3 Å². The number of allylic oxidation sites excluding steroid dienone is 1. The van der Waals surface area contributed by atoms with Gasteiger partial charge in [-0.15, -0.1) is 0 Å². The highest BCUT2D eigenvalue weighted by molar-refractivity contribution is 5.95. The molecule has 0 radical (unpaired) electrons. The average Bonchev–Trinajstić information content (AvgIpc) is 3.20. The number of primary amides is 1. The summed E-state index contributed by atoms with van der Waals surface area (Å²) >= 11 is 0. The molecule has 9 nitrogen and oxygen atoms in total. The molecule has 1 heterocycles. The van der Waals surface area contributed by atoms with Gasteiger partial charge in [0.15, 0.2) is 6.23 Å². The fourth-order valence-electron chi connectivity index (χ4n) is 5.59. The van der Waals surface area contributed by atoms with Gasteiger partial charge in [0.2, 0.25) is 5.91 Å². The third-order valence-corrected chi connectivity index (χ3v) is 7.33. The molecular formula is C26H41N5O4. The quantitative estimate of drug-likeness (QED) is 0.509. The van der Waals surface area contributed by atoms with E-state index in [4.69, 9.17) is 15.2 Å². The number of hydrogen-bond donors (Lipinski definition) is 2. The van der Waals surface area contributed by atoms with E-state index in [2.05, 4.69) is 37.3 Å². The van der Waals surface area contributed by atoms with Crippen LogP contribution in [-0.4, -0.2) is 48.2 Å². The summed E-state index contributed by atoms with van der Waals surface area (Å²) in [5, 5.41) is 18.7. The Morgan fingerprint density at radius 1 is 1.31 bits per heavy atom. The molecule has 0 aromatic carbocycles. The minimum atomic E-state index is -0.734. The second kappa shape index (κ2) is 11.4. The highest BCUT2D eigenvalue weighted by Crippen LogP contribution is 2.45. The van der Waals surface area contributed by atoms with Gasteiger partial charge < -0.3 is 20.5 Å². The third kappa shape index (κ3) is 6.97. The average molecular weight is 488 g/mol. The highest BCUT2D eigenvalue weighted by atomic mass is 16.6. The Bertz CT molecular complexity index is 864. The van der Waals surface area contributed by atoms with Crippen molar-refractivity contribution in [2.45, 2.75) is 85.1 Å². The standard InChI is InChI=1S/C26H41N5O4/c1-6-18-9-17-10-19(12-20(11-17)35-25(28)33)22(18)30-23(32)21-13-29-31(8-7-26(4,5)15-27)24(21)34-14-16(2)3/h7-8,13,16-22,24H,6,9-12,14H2,1-5H3,(H2,28,33)(H,30,32)/b8-7+/t17?,18?,19?,20-,21-,22+,24?/m0/s1. The predicted molar refractivity (Wildman–Crippen MR) is 133 cm³/mol. The first-order valence-corrected chi connectivity index (χ1v) is 12.8. The number of nitrogens with zero attached hydrogens (tertiary/aromatic N) is 3. The first-order valence-electron chi connectivity index (χ1n) is 12.8. The summed E-state index contributed by atoms with van der Waals surface area (Å²) in [4.78, 5) is 24.9. The van der Waals surface area contributed by atoms with Crippen molar-refractivity contribution in [1.82, 2.24) is 10.3 Å². The zero-order valence-corrected chi connectivity index (χ0v) is 21.6. The molecular weight excluding hydrogens is 446 g/mol. The van der Waals surface area contributed by atoms with Crippen LogP contribution in [0.15, 0.2) is 17.4 Å². The molecule has 194 valence electrons. The molecule has 3 aliphatic rings. The Morgan fingerprint density at radius 2 is 2.06 bits per heavy atom. The largest absolute Gasteiger partial charge is 0.446 e. The number of nitriles is 1. The van der Waals surface area contributed by atoms with E-state index < -0.39 is 23.7 Å². The molecule has 2 amide bonds. The molecule has 3 N–H and O–H groups in total. The van der Waals surface area contributed by atoms with E-state index in [1.165, 1.54) is 0 Å². The van der Waals surface area contributed by atoms with Crippen LogP contribution >= 0.6 is 0 Å². The Morgan fingerprint density at radius 3 is 2.69 bits per heavy atom. The number of nitrogens with two attached hydrogens (primary N) is 1. The predicted octanol–water partition coefficient (Wildman–Crippen LogP) is 3.76. The van der Waals surface area contributed by atoms with Crippen LogP contribution < -0.4 is 11.1 Å². The van der Waals surface area contributed by atoms with E-state index >= 15 is 0 Å². The number of hydrazone groups is 1. The van der Waals surface area contributed by atoms with Gasteiger partial charge in [-0.3, -0.25) is 4.79 Å². The number of rotatable bonds is 9. The number of nitrogens with one attached hydrogen (secondary N) is 1. The molecule has 35 heavy (non-hydrogen) atoms. The van der Waals surface area contributed by atoms with Gasteiger partial charge in [-0.05, 0) is 69.3 Å². The van der Waals surface area contributed by atoms with Gasteiger partial charge in [0, 0.05) is 18.5 Å². The first-order chi connectivity index (χ1) is 16.5. The van der Waals surface area contributed by atoms with E-state index in [9.17, 15) is 14.9 Å². The van der Waals surface area contributed by atoms with Crippen LogP contribution in [0.3, 0.4) is 0 Å². The lowest BCUT2D eigenvalue weighted by molar-refractivity contribution is -0.134. The van der Waals surface area contributed by atoms with Crippen LogP contribution in [0.4, 0.5) is 4.79 Å². The molecule has 4 unspecified atom stereocenters. The SMILES string of the molecule is CCC1CC2CC(C[C@@H](OC(N)=O)C2)[C@@H]1NC(=O)[C@@H]1C=NN(/C=C/C(C)(C)C#N)C1OCC(C)C. The number of carbonyl (C=O) groups is 2. The van der Waals surface area contributed by atoms with Gasteiger partial charge in [0.05, 0.1) is 18.1 Å². The zero-order valence-electron chi connectivity index (χ0n) is 21.6. The van der Waals surface area contributed by atoms with Gasteiger partial charge in [-0.25, -0.2) is 9.80 Å². The molecule has 0 aromatic heterocycles. The first kappa shape index (κ1) is 27.0. The molecule has 3 rings (SSSR count). The summed E-state index contributed by atoms with van der Waals surface area (Å²) in [6.45, 7) is 10.4. The van der Waals surface area contributed by atoms with Gasteiger partial charge in [-0.2, -0.15) is 10.4 Å². The fourth-order valence-corrected chi connectivity index (χ4v) is 5.59. The normalized spacial score (nSPS) is 32.6. The van der Waals surface area contributed by atoms with Crippen molar-refractivity contribution in [1.29, 1.82) is 5.26 Å². The lowest BCUT2D eigenvalue weighted by Gasteiger charge is -2.47. The zero-order chi connectivity index (χ0) is 25.8. The lowest BCUT2D eigenvalue weighted by atomic mass is 9.63. The summed E-state index contributed by atoms with van der Waals surface area (Å²) in [7, 11) is 0. The minimum absolute atomic E-state index is 0.00397. The van der Waals surface area contributed by atoms with Crippen molar-refractivity contribution in [3.8, 4) is 6.07 Å². The van der Waals surface area contributed by atoms with Crippen molar-refractivity contribution in [3.05, 3.63) is 12.3 Å². The molecule has 0 aromatic rings. The Hall–Kier alpha value is -2.60. The topological polar surface area (TPSA) is 130 Å². The smallest absolute Gasteiger partial charge is 0.404 e. The summed E-state index contributed by atoms with van der Waals surface area (Å²) < 4.78 is 11.5. The van der Waals surface area contributed by atoms with Crippen molar-refractivity contribution in [3.63, 3.8) is 0 Å². The van der Waals surface area contributed by atoms with E-state index in [0.29, 0.717) is 30.8 Å². The maximum absolute atomic E-state index is 13.6. The second-order valence-corrected chi connectivity index (χ2v) is 11.3. The molecule has 2 bridgehead atoms. The Labute approximate surface area is 209 Å². The molecule has 9 heteroatoms. The molecule has 0 spiro atoms. The van der Waals surface area contributed by atoms with Crippen LogP contribution in [0.5, 0.6) is 0 Å². The number of amides is 2. The fraction of sp³-hybridized carbons (Fsp3) is 0.769. The summed E-state index contributed by atoms with van der Waals surface area (Å²) in [5.74, 6) is 0.706. The van der Waals surface area contributed by atoms with Crippen LogP contribution in [0.1, 0.15) is 66.7 Å². The van der Waals surface area contributed by atoms with E-state index in [-0.39, 0.29) is 24.0 Å². The van der Waals surface area contributed by atoms with E-state index in [0.717, 1.165) is 25.7 Å². The molecule has 2 fully saturated rings. The van der Waals surface area contributed by atoms with Crippen molar-refractivity contribution in [2.75, 3.05) is 6.61 Å². The third-order valence-electron chi connectivity index (χ3n) is 7.33. The van der Waals surface area contributed by atoms with Gasteiger partial charge in [0.25, 0.3) is 0 Å². The summed E-state index contributed by atoms with van der Waals surface area (Å²) in [6, 6.07) is 2.24. The molecule has 2 saturated carbocycles. The maximum atomic E-state index is 13.6. The number of carbonyl (C=O) groups excluding carboxylic acids is 2. The van der Waals surface area contributed by atoms with Crippen LogP contribution in [0, 0.1) is 46.3 Å². The van der Waals surface area contributed by atoms with Crippen molar-refractivity contribution in [2.24, 2.45) is 45.8 Å². The van der Waals surface area contributed by atoms with Gasteiger partial charge >= 0.3 is 6.09 Å². The number of hydrogen-bond acceptors (Lipinski definition) is 7. The minimum Gasteiger partial charge on any atom is -0.446 e. The van der Waals surface area contributed by atoms with Crippen molar-refractivity contribution < 1.29 is 19.1 Å². The maximum Gasteiger partial charge on any atom is 0.404 e. The summed E-state index contributed by atoms with van der Waals surface area (Å²) in [6.07, 6.45) is 8.19. The second-order valence-electron chi connectivity index (χ2n) is 11.3. The lowest BCUT2D eigenvalue weighted by Crippen LogP contribution is -2.55. The van der Waals surface area contributed by atoms with Crippen molar-refractivity contribution >= 4 is 18.2 Å². The number of fused-ring (bicyclic) bond motifs is 2.